The minimum absolute atomic E-state index is 0.0498. The van der Waals surface area contributed by atoms with E-state index in [1.54, 1.807) is 4.90 Å². The molecule has 2 N–H and O–H groups in total. The smallest absolute Gasteiger partial charge is 0.317 e. The second-order valence-electron chi connectivity index (χ2n) is 6.06. The third kappa shape index (κ3) is 3.69. The van der Waals surface area contributed by atoms with Gasteiger partial charge in [0.1, 0.15) is 0 Å². The molecule has 1 aliphatic carbocycles. The molecule has 1 saturated heterocycles. The molecule has 21 heavy (non-hydrogen) atoms. The Labute approximate surface area is 130 Å². The number of likely N-dealkylation sites (tertiary alicyclic amines) is 1. The lowest BCUT2D eigenvalue weighted by molar-refractivity contribution is 0.0830. The van der Waals surface area contributed by atoms with Crippen molar-refractivity contribution in [3.63, 3.8) is 0 Å². The number of rotatable bonds is 3. The Hall–Kier alpha value is -1.26. The van der Waals surface area contributed by atoms with E-state index in [1.165, 1.54) is 0 Å². The molecule has 1 saturated carbocycles. The summed E-state index contributed by atoms with van der Waals surface area (Å²) in [5.41, 5.74) is 1.10. The molecule has 0 bridgehead atoms. The number of aliphatic hydroxyl groups excluding tert-OH is 1. The summed E-state index contributed by atoms with van der Waals surface area (Å²) in [6.07, 6.45) is 3.56. The topological polar surface area (TPSA) is 52.6 Å². The van der Waals surface area contributed by atoms with Crippen molar-refractivity contribution in [2.45, 2.75) is 37.8 Å². The van der Waals surface area contributed by atoms with Crippen molar-refractivity contribution < 1.29 is 9.90 Å². The van der Waals surface area contributed by atoms with E-state index in [0.29, 0.717) is 17.5 Å². The van der Waals surface area contributed by atoms with Crippen LogP contribution >= 0.6 is 11.6 Å². The number of benzene rings is 1. The molecule has 2 atom stereocenters. The molecule has 1 aromatic carbocycles. The molecule has 5 heteroatoms. The van der Waals surface area contributed by atoms with Crippen LogP contribution in [0.5, 0.6) is 0 Å². The minimum Gasteiger partial charge on any atom is -0.391 e. The van der Waals surface area contributed by atoms with Crippen LogP contribution in [-0.2, 0) is 0 Å². The fraction of sp³-hybridized carbons (Fsp3) is 0.562. The fourth-order valence-corrected chi connectivity index (χ4v) is 3.06. The molecular formula is C16H21ClN2O2. The maximum atomic E-state index is 12.4. The third-order valence-corrected chi connectivity index (χ3v) is 4.54. The average molecular weight is 309 g/mol. The number of hydrogen-bond donors (Lipinski definition) is 2. The van der Waals surface area contributed by atoms with E-state index >= 15 is 0 Å². The van der Waals surface area contributed by atoms with E-state index < -0.39 is 0 Å². The molecule has 0 spiro atoms. The van der Waals surface area contributed by atoms with Gasteiger partial charge in [-0.3, -0.25) is 0 Å². The Morgan fingerprint density at radius 1 is 1.29 bits per heavy atom. The van der Waals surface area contributed by atoms with Gasteiger partial charge in [-0.15, -0.1) is 0 Å². The van der Waals surface area contributed by atoms with Gasteiger partial charge in [-0.2, -0.15) is 0 Å². The van der Waals surface area contributed by atoms with Gasteiger partial charge in [-0.1, -0.05) is 23.7 Å². The van der Waals surface area contributed by atoms with E-state index in [1.807, 2.05) is 24.3 Å². The van der Waals surface area contributed by atoms with Crippen LogP contribution in [0.3, 0.4) is 0 Å². The fourth-order valence-electron chi connectivity index (χ4n) is 2.94. The number of β-amino-alcohol motifs (C(OH)–C–C–N with tert-alkyl or cyclic N) is 1. The van der Waals surface area contributed by atoms with Crippen LogP contribution in [0.4, 0.5) is 4.79 Å². The lowest BCUT2D eigenvalue weighted by Crippen LogP contribution is -2.48. The molecule has 0 radical (unpaired) electrons. The van der Waals surface area contributed by atoms with Crippen LogP contribution in [0, 0.1) is 5.92 Å². The summed E-state index contributed by atoms with van der Waals surface area (Å²) in [6.45, 7) is 1.16. The molecule has 3 rings (SSSR count). The Kier molecular flexibility index (Phi) is 4.36. The van der Waals surface area contributed by atoms with Gasteiger partial charge in [0.05, 0.1) is 12.1 Å². The first-order valence-electron chi connectivity index (χ1n) is 7.62. The average Bonchev–Trinajstić information content (AvgIpc) is 3.30. The van der Waals surface area contributed by atoms with Gasteiger partial charge in [0, 0.05) is 18.1 Å². The second kappa shape index (κ2) is 6.24. The Balaban J connectivity index is 1.67. The Morgan fingerprint density at radius 3 is 2.62 bits per heavy atom. The highest BCUT2D eigenvalue weighted by Crippen LogP contribution is 2.41. The van der Waals surface area contributed by atoms with Crippen molar-refractivity contribution in [2.24, 2.45) is 5.92 Å². The van der Waals surface area contributed by atoms with Gasteiger partial charge >= 0.3 is 6.03 Å². The minimum atomic E-state index is -0.389. The van der Waals surface area contributed by atoms with Gasteiger partial charge in [0.15, 0.2) is 0 Å². The molecule has 1 heterocycles. The van der Waals surface area contributed by atoms with Crippen molar-refractivity contribution >= 4 is 17.6 Å². The Morgan fingerprint density at radius 2 is 2.00 bits per heavy atom. The summed E-state index contributed by atoms with van der Waals surface area (Å²) < 4.78 is 0. The zero-order valence-electron chi connectivity index (χ0n) is 12.0. The monoisotopic (exact) mass is 308 g/mol. The summed E-state index contributed by atoms with van der Waals surface area (Å²) in [5, 5.41) is 13.5. The first-order chi connectivity index (χ1) is 10.1. The van der Waals surface area contributed by atoms with E-state index in [4.69, 9.17) is 11.6 Å². The van der Waals surface area contributed by atoms with Crippen LogP contribution in [0.25, 0.3) is 0 Å². The lowest BCUT2D eigenvalue weighted by atomic mass is 10.0. The predicted molar refractivity (Wildman–Crippen MR) is 82.3 cm³/mol. The van der Waals surface area contributed by atoms with Crippen LogP contribution < -0.4 is 5.32 Å². The number of halogens is 1. The molecule has 1 aromatic rings. The number of hydrogen-bond acceptors (Lipinski definition) is 2. The summed E-state index contributed by atoms with van der Waals surface area (Å²) in [7, 11) is 0. The molecule has 2 fully saturated rings. The van der Waals surface area contributed by atoms with Crippen LogP contribution in [0.2, 0.25) is 5.02 Å². The number of carbonyl (C=O) groups is 1. The van der Waals surface area contributed by atoms with E-state index in [-0.39, 0.29) is 18.2 Å². The number of carbonyl (C=O) groups excluding carboxylic acids is 1. The highest BCUT2D eigenvalue weighted by molar-refractivity contribution is 6.30. The maximum absolute atomic E-state index is 12.4. The number of amides is 2. The van der Waals surface area contributed by atoms with Crippen molar-refractivity contribution in [1.29, 1.82) is 0 Å². The zero-order valence-corrected chi connectivity index (χ0v) is 12.7. The Bertz CT molecular complexity index is 502. The molecule has 2 aliphatic rings. The highest BCUT2D eigenvalue weighted by atomic mass is 35.5. The quantitative estimate of drug-likeness (QED) is 0.902. The summed E-state index contributed by atoms with van der Waals surface area (Å²) in [5.74, 6) is 0.518. The number of nitrogens with zero attached hydrogens (tertiary/aromatic N) is 1. The van der Waals surface area contributed by atoms with Gasteiger partial charge in [-0.05, 0) is 49.3 Å². The number of aliphatic hydroxyl groups is 1. The first kappa shape index (κ1) is 14.7. The van der Waals surface area contributed by atoms with Gasteiger partial charge in [0.25, 0.3) is 0 Å². The van der Waals surface area contributed by atoms with Crippen LogP contribution in [-0.4, -0.2) is 35.2 Å². The normalized spacial score (nSPS) is 23.7. The molecule has 0 aromatic heterocycles. The van der Waals surface area contributed by atoms with Gasteiger partial charge in [-0.25, -0.2) is 4.79 Å². The number of urea groups is 1. The third-order valence-electron chi connectivity index (χ3n) is 4.29. The largest absolute Gasteiger partial charge is 0.391 e. The second-order valence-corrected chi connectivity index (χ2v) is 6.49. The van der Waals surface area contributed by atoms with Crippen LogP contribution in [0.1, 0.15) is 37.3 Å². The van der Waals surface area contributed by atoms with Gasteiger partial charge in [0.2, 0.25) is 0 Å². The van der Waals surface area contributed by atoms with Crippen molar-refractivity contribution in [3.05, 3.63) is 34.9 Å². The first-order valence-corrected chi connectivity index (χ1v) is 8.00. The van der Waals surface area contributed by atoms with E-state index in [0.717, 1.165) is 37.8 Å². The molecule has 114 valence electrons. The highest BCUT2D eigenvalue weighted by Gasteiger charge is 2.34. The number of piperidine rings is 1. The van der Waals surface area contributed by atoms with E-state index in [2.05, 4.69) is 5.32 Å². The molecular weight excluding hydrogens is 288 g/mol. The lowest BCUT2D eigenvalue weighted by Gasteiger charge is -2.32. The summed E-state index contributed by atoms with van der Waals surface area (Å²) in [4.78, 5) is 14.1. The summed E-state index contributed by atoms with van der Waals surface area (Å²) in [6, 6.07) is 7.67. The van der Waals surface area contributed by atoms with Gasteiger partial charge < -0.3 is 15.3 Å². The standard InChI is InChI=1S/C16H21ClN2O2/c17-13-7-5-12(6-8-13)15(11-3-4-11)18-16(21)19-9-1-2-14(20)10-19/h5-8,11,14-15,20H,1-4,9-10H2,(H,18,21). The van der Waals surface area contributed by atoms with Crippen molar-refractivity contribution in [2.75, 3.05) is 13.1 Å². The van der Waals surface area contributed by atoms with Crippen molar-refractivity contribution in [1.82, 2.24) is 10.2 Å². The van der Waals surface area contributed by atoms with E-state index in [9.17, 15) is 9.90 Å². The summed E-state index contributed by atoms with van der Waals surface area (Å²) >= 11 is 5.93. The predicted octanol–water partition coefficient (Wildman–Crippen LogP) is 2.96. The number of nitrogens with one attached hydrogen (secondary N) is 1. The SMILES string of the molecule is O=C(NC(c1ccc(Cl)cc1)C1CC1)N1CCCC(O)C1. The maximum Gasteiger partial charge on any atom is 0.317 e. The molecule has 2 amide bonds. The van der Waals surface area contributed by atoms with Crippen LogP contribution in [0.15, 0.2) is 24.3 Å². The van der Waals surface area contributed by atoms with Crippen molar-refractivity contribution in [3.8, 4) is 0 Å². The molecule has 2 unspecified atom stereocenters. The molecule has 4 nitrogen and oxygen atoms in total. The molecule has 1 aliphatic heterocycles. The zero-order chi connectivity index (χ0) is 14.8.